The van der Waals surface area contributed by atoms with Crippen LogP contribution in [0.5, 0.6) is 0 Å². The third kappa shape index (κ3) is 1.76. The van der Waals surface area contributed by atoms with Crippen LogP contribution in [0.15, 0.2) is 24.4 Å². The smallest absolute Gasteiger partial charge is 0.147 e. The molecule has 2 heterocycles. The SMILES string of the molecule is Cc1ccc(-c2cnc(Cl)c(Cl)c2)[nH]1. The highest BCUT2D eigenvalue weighted by Crippen LogP contribution is 2.25. The van der Waals surface area contributed by atoms with E-state index < -0.39 is 0 Å². The molecule has 0 radical (unpaired) electrons. The molecule has 2 aromatic heterocycles. The lowest BCUT2D eigenvalue weighted by Gasteiger charge is -1.99. The first-order valence-electron chi connectivity index (χ1n) is 4.14. The van der Waals surface area contributed by atoms with Crippen LogP contribution in [0.25, 0.3) is 11.3 Å². The fraction of sp³-hybridized carbons (Fsp3) is 0.100. The summed E-state index contributed by atoms with van der Waals surface area (Å²) in [5.74, 6) is 0. The predicted octanol–water partition coefficient (Wildman–Crippen LogP) is 3.69. The average molecular weight is 227 g/mol. The Kier molecular flexibility index (Phi) is 2.48. The fourth-order valence-electron chi connectivity index (χ4n) is 1.24. The molecule has 0 aliphatic rings. The van der Waals surface area contributed by atoms with Crippen LogP contribution in [-0.2, 0) is 0 Å². The van der Waals surface area contributed by atoms with Crippen LogP contribution in [0, 0.1) is 6.92 Å². The van der Waals surface area contributed by atoms with Gasteiger partial charge in [0.1, 0.15) is 5.15 Å². The van der Waals surface area contributed by atoms with Crippen LogP contribution in [0.4, 0.5) is 0 Å². The van der Waals surface area contributed by atoms with Gasteiger partial charge in [-0.25, -0.2) is 4.98 Å². The molecule has 0 saturated heterocycles. The molecule has 1 N–H and O–H groups in total. The maximum absolute atomic E-state index is 5.86. The molecule has 0 atom stereocenters. The van der Waals surface area contributed by atoms with Crippen molar-refractivity contribution in [2.75, 3.05) is 0 Å². The van der Waals surface area contributed by atoms with E-state index in [-0.39, 0.29) is 0 Å². The Hall–Kier alpha value is -0.990. The second-order valence-corrected chi connectivity index (χ2v) is 3.82. The van der Waals surface area contributed by atoms with Gasteiger partial charge >= 0.3 is 0 Å². The third-order valence-electron chi connectivity index (χ3n) is 1.94. The molecule has 0 amide bonds. The van der Waals surface area contributed by atoms with Crippen LogP contribution in [-0.4, -0.2) is 9.97 Å². The highest BCUT2D eigenvalue weighted by Gasteiger charge is 2.04. The van der Waals surface area contributed by atoms with Crippen molar-refractivity contribution in [3.05, 3.63) is 40.3 Å². The van der Waals surface area contributed by atoms with Crippen molar-refractivity contribution in [1.82, 2.24) is 9.97 Å². The molecule has 0 saturated carbocycles. The summed E-state index contributed by atoms with van der Waals surface area (Å²) < 4.78 is 0. The molecular formula is C10H8Cl2N2. The van der Waals surface area contributed by atoms with Crippen LogP contribution in [0.3, 0.4) is 0 Å². The molecule has 2 rings (SSSR count). The summed E-state index contributed by atoms with van der Waals surface area (Å²) in [6, 6.07) is 5.77. The molecule has 0 unspecified atom stereocenters. The molecule has 0 aliphatic heterocycles. The third-order valence-corrected chi connectivity index (χ3v) is 2.63. The van der Waals surface area contributed by atoms with Gasteiger partial charge in [0, 0.05) is 23.1 Å². The number of pyridine rings is 1. The number of halogens is 2. The first kappa shape index (κ1) is 9.56. The standard InChI is InChI=1S/C10H8Cl2N2/c1-6-2-3-9(14-6)7-4-8(11)10(12)13-5-7/h2-5,14H,1H3. The molecule has 72 valence electrons. The van der Waals surface area contributed by atoms with Gasteiger partial charge in [0.2, 0.25) is 0 Å². The van der Waals surface area contributed by atoms with Gasteiger partial charge in [-0.15, -0.1) is 0 Å². The second-order valence-electron chi connectivity index (χ2n) is 3.05. The first-order valence-corrected chi connectivity index (χ1v) is 4.89. The van der Waals surface area contributed by atoms with E-state index in [9.17, 15) is 0 Å². The molecule has 4 heteroatoms. The van der Waals surface area contributed by atoms with Gasteiger partial charge in [-0.05, 0) is 25.1 Å². The van der Waals surface area contributed by atoms with Crippen molar-refractivity contribution in [3.63, 3.8) is 0 Å². The van der Waals surface area contributed by atoms with Crippen LogP contribution >= 0.6 is 23.2 Å². The maximum Gasteiger partial charge on any atom is 0.147 e. The van der Waals surface area contributed by atoms with E-state index in [4.69, 9.17) is 23.2 Å². The Balaban J connectivity index is 2.47. The highest BCUT2D eigenvalue weighted by molar-refractivity contribution is 6.41. The summed E-state index contributed by atoms with van der Waals surface area (Å²) in [5, 5.41) is 0.801. The Bertz CT molecular complexity index is 463. The van der Waals surface area contributed by atoms with Crippen molar-refractivity contribution in [2.24, 2.45) is 0 Å². The lowest BCUT2D eigenvalue weighted by Crippen LogP contribution is -1.82. The molecule has 0 aromatic carbocycles. The average Bonchev–Trinajstić information content (AvgIpc) is 2.57. The van der Waals surface area contributed by atoms with Crippen molar-refractivity contribution in [2.45, 2.75) is 6.92 Å². The summed E-state index contributed by atoms with van der Waals surface area (Å²) in [6.07, 6.45) is 1.69. The summed E-state index contributed by atoms with van der Waals surface area (Å²) in [6.45, 7) is 1.99. The van der Waals surface area contributed by atoms with E-state index in [0.717, 1.165) is 17.0 Å². The predicted molar refractivity (Wildman–Crippen MR) is 58.8 cm³/mol. The number of nitrogens with one attached hydrogen (secondary N) is 1. The zero-order valence-corrected chi connectivity index (χ0v) is 9.02. The summed E-state index contributed by atoms with van der Waals surface area (Å²) >= 11 is 11.6. The van der Waals surface area contributed by atoms with Gasteiger partial charge in [0.15, 0.2) is 0 Å². The Labute approximate surface area is 91.9 Å². The highest BCUT2D eigenvalue weighted by atomic mass is 35.5. The number of aromatic amines is 1. The minimum Gasteiger partial charge on any atom is -0.359 e. The lowest BCUT2D eigenvalue weighted by atomic mass is 10.2. The number of H-pyrrole nitrogens is 1. The largest absolute Gasteiger partial charge is 0.359 e. The molecule has 0 bridgehead atoms. The van der Waals surface area contributed by atoms with Gasteiger partial charge < -0.3 is 4.98 Å². The molecule has 0 fully saturated rings. The number of rotatable bonds is 1. The zero-order chi connectivity index (χ0) is 10.1. The summed E-state index contributed by atoms with van der Waals surface area (Å²) in [4.78, 5) is 7.18. The molecule has 2 nitrogen and oxygen atoms in total. The summed E-state index contributed by atoms with van der Waals surface area (Å²) in [7, 11) is 0. The van der Waals surface area contributed by atoms with E-state index in [1.807, 2.05) is 19.1 Å². The van der Waals surface area contributed by atoms with Gasteiger partial charge in [-0.1, -0.05) is 23.2 Å². The van der Waals surface area contributed by atoms with Crippen molar-refractivity contribution in [3.8, 4) is 11.3 Å². The molecular weight excluding hydrogens is 219 g/mol. The fourth-order valence-corrected chi connectivity index (χ4v) is 1.51. The van der Waals surface area contributed by atoms with Gasteiger partial charge in [0.25, 0.3) is 0 Å². The van der Waals surface area contributed by atoms with Gasteiger partial charge in [-0.2, -0.15) is 0 Å². The summed E-state index contributed by atoms with van der Waals surface area (Å²) in [5.41, 5.74) is 3.03. The van der Waals surface area contributed by atoms with Gasteiger partial charge in [-0.3, -0.25) is 0 Å². The number of hydrogen-bond acceptors (Lipinski definition) is 1. The Morgan fingerprint density at radius 2 is 2.07 bits per heavy atom. The maximum atomic E-state index is 5.86. The number of nitrogens with zero attached hydrogens (tertiary/aromatic N) is 1. The van der Waals surface area contributed by atoms with E-state index >= 15 is 0 Å². The van der Waals surface area contributed by atoms with E-state index in [0.29, 0.717) is 10.2 Å². The first-order chi connectivity index (χ1) is 6.66. The quantitative estimate of drug-likeness (QED) is 0.739. The number of hydrogen-bond donors (Lipinski definition) is 1. The minimum atomic E-state index is 0.332. The van der Waals surface area contributed by atoms with Crippen LogP contribution in [0.1, 0.15) is 5.69 Å². The van der Waals surface area contributed by atoms with Crippen molar-refractivity contribution in [1.29, 1.82) is 0 Å². The topological polar surface area (TPSA) is 28.7 Å². The Morgan fingerprint density at radius 1 is 1.29 bits per heavy atom. The molecule has 0 spiro atoms. The van der Waals surface area contributed by atoms with Crippen LogP contribution < -0.4 is 0 Å². The minimum absolute atomic E-state index is 0.332. The molecule has 0 aliphatic carbocycles. The monoisotopic (exact) mass is 226 g/mol. The van der Waals surface area contributed by atoms with E-state index in [1.54, 1.807) is 12.3 Å². The van der Waals surface area contributed by atoms with Crippen LogP contribution in [0.2, 0.25) is 10.2 Å². The van der Waals surface area contributed by atoms with E-state index in [1.165, 1.54) is 0 Å². The van der Waals surface area contributed by atoms with E-state index in [2.05, 4.69) is 9.97 Å². The van der Waals surface area contributed by atoms with Gasteiger partial charge in [0.05, 0.1) is 5.02 Å². The van der Waals surface area contributed by atoms with Crippen molar-refractivity contribution >= 4 is 23.2 Å². The lowest BCUT2D eigenvalue weighted by molar-refractivity contribution is 1.25. The molecule has 2 aromatic rings. The second kappa shape index (κ2) is 3.64. The zero-order valence-electron chi connectivity index (χ0n) is 7.51. The molecule has 14 heavy (non-hydrogen) atoms. The Morgan fingerprint density at radius 3 is 2.64 bits per heavy atom. The number of aryl methyl sites for hydroxylation is 1. The normalized spacial score (nSPS) is 10.5. The van der Waals surface area contributed by atoms with Crippen molar-refractivity contribution < 1.29 is 0 Å². The number of aromatic nitrogens is 2.